The van der Waals surface area contributed by atoms with E-state index in [2.05, 4.69) is 0 Å². The van der Waals surface area contributed by atoms with Crippen molar-refractivity contribution in [2.75, 3.05) is 0 Å². The Morgan fingerprint density at radius 2 is 1.86 bits per heavy atom. The van der Waals surface area contributed by atoms with Crippen molar-refractivity contribution in [2.45, 2.75) is 30.7 Å². The smallest absolute Gasteiger partial charge is 0.382 e. The van der Waals surface area contributed by atoms with Gasteiger partial charge in [-0.05, 0) is 13.0 Å². The molecule has 0 spiro atoms. The number of hydrogen-bond donors (Lipinski definition) is 2. The van der Waals surface area contributed by atoms with Crippen LogP contribution < -0.4 is 0 Å². The lowest BCUT2D eigenvalue weighted by molar-refractivity contribution is -0.300. The van der Waals surface area contributed by atoms with Crippen molar-refractivity contribution in [3.8, 4) is 0 Å². The van der Waals surface area contributed by atoms with Gasteiger partial charge in [0.15, 0.2) is 5.60 Å². The first-order valence-electron chi connectivity index (χ1n) is 4.06. The summed E-state index contributed by atoms with van der Waals surface area (Å²) in [5.74, 6) is 0. The molecule has 2 atom stereocenters. The molecule has 0 bridgehead atoms. The molecule has 5 heteroatoms. The summed E-state index contributed by atoms with van der Waals surface area (Å²) in [4.78, 5) is 0. The van der Waals surface area contributed by atoms with E-state index in [1.807, 2.05) is 0 Å². The molecule has 0 radical (unpaired) electrons. The van der Waals surface area contributed by atoms with Gasteiger partial charge >= 0.3 is 6.18 Å². The summed E-state index contributed by atoms with van der Waals surface area (Å²) in [5.41, 5.74) is -5.42. The summed E-state index contributed by atoms with van der Waals surface area (Å²) in [7, 11) is 0. The van der Waals surface area contributed by atoms with Crippen LogP contribution in [0.4, 0.5) is 13.2 Å². The van der Waals surface area contributed by atoms with Gasteiger partial charge in [0.25, 0.3) is 0 Å². The Hall–Kier alpha value is -0.810. The van der Waals surface area contributed by atoms with Crippen LogP contribution >= 0.6 is 0 Å². The van der Waals surface area contributed by atoms with Gasteiger partial charge in [0.1, 0.15) is 5.60 Å². The number of rotatable bonds is 1. The molecular formula is C9H11F3O2. The Labute approximate surface area is 79.4 Å². The molecule has 0 aromatic heterocycles. The number of alkyl halides is 3. The lowest BCUT2D eigenvalue weighted by Gasteiger charge is -2.40. The molecule has 14 heavy (non-hydrogen) atoms. The van der Waals surface area contributed by atoms with Crippen LogP contribution in [0.5, 0.6) is 0 Å². The van der Waals surface area contributed by atoms with Crippen LogP contribution in [0.2, 0.25) is 0 Å². The van der Waals surface area contributed by atoms with E-state index in [9.17, 15) is 23.4 Å². The second kappa shape index (κ2) is 3.10. The molecule has 0 amide bonds. The van der Waals surface area contributed by atoms with Crippen molar-refractivity contribution in [3.63, 3.8) is 0 Å². The van der Waals surface area contributed by atoms with E-state index in [-0.39, 0.29) is 6.42 Å². The van der Waals surface area contributed by atoms with E-state index in [0.29, 0.717) is 6.92 Å². The number of halogens is 3. The first-order chi connectivity index (χ1) is 6.21. The second-order valence-corrected chi connectivity index (χ2v) is 3.49. The Balaban J connectivity index is 3.03. The third-order valence-corrected chi connectivity index (χ3v) is 2.44. The molecule has 0 aliphatic heterocycles. The van der Waals surface area contributed by atoms with E-state index >= 15 is 0 Å². The Morgan fingerprint density at radius 1 is 1.29 bits per heavy atom. The normalized spacial score (nSPS) is 31.6. The fraction of sp³-hybridized carbons (Fsp3) is 0.556. The largest absolute Gasteiger partial charge is 0.420 e. The van der Waals surface area contributed by atoms with Crippen LogP contribution in [-0.4, -0.2) is 27.6 Å². The van der Waals surface area contributed by atoms with Gasteiger partial charge in [-0.3, -0.25) is 0 Å². The first-order valence-corrected chi connectivity index (χ1v) is 4.06. The molecule has 2 nitrogen and oxygen atoms in total. The SMILES string of the molecule is CC(O)(C(F)(F)F)C1(O)C=CC=CC1. The maximum Gasteiger partial charge on any atom is 0.420 e. The van der Waals surface area contributed by atoms with Crippen LogP contribution in [0.1, 0.15) is 13.3 Å². The van der Waals surface area contributed by atoms with Gasteiger partial charge in [0.2, 0.25) is 0 Å². The van der Waals surface area contributed by atoms with Gasteiger partial charge < -0.3 is 10.2 Å². The molecule has 2 unspecified atom stereocenters. The summed E-state index contributed by atoms with van der Waals surface area (Å²) >= 11 is 0. The summed E-state index contributed by atoms with van der Waals surface area (Å²) in [5, 5.41) is 18.9. The van der Waals surface area contributed by atoms with Crippen molar-refractivity contribution >= 4 is 0 Å². The van der Waals surface area contributed by atoms with E-state index in [0.717, 1.165) is 6.08 Å². The predicted molar refractivity (Wildman–Crippen MR) is 44.5 cm³/mol. The average molecular weight is 208 g/mol. The highest BCUT2D eigenvalue weighted by Crippen LogP contribution is 2.41. The summed E-state index contributed by atoms with van der Waals surface area (Å²) in [6, 6.07) is 0. The maximum absolute atomic E-state index is 12.4. The Bertz CT molecular complexity index is 278. The highest BCUT2D eigenvalue weighted by atomic mass is 19.4. The maximum atomic E-state index is 12.4. The standard InChI is InChI=1S/C9H11F3O2/c1-7(13,9(10,11)12)8(14)5-3-2-4-6-8/h2-5,13-14H,6H2,1H3. The fourth-order valence-electron chi connectivity index (χ4n) is 1.22. The molecular weight excluding hydrogens is 197 g/mol. The zero-order chi connectivity index (χ0) is 11.0. The van der Waals surface area contributed by atoms with E-state index in [1.54, 1.807) is 0 Å². The summed E-state index contributed by atoms with van der Waals surface area (Å²) < 4.78 is 37.2. The van der Waals surface area contributed by atoms with Gasteiger partial charge in [0, 0.05) is 6.42 Å². The zero-order valence-corrected chi connectivity index (χ0v) is 7.54. The lowest BCUT2D eigenvalue weighted by atomic mass is 9.79. The topological polar surface area (TPSA) is 40.5 Å². The average Bonchev–Trinajstić information content (AvgIpc) is 2.03. The van der Waals surface area contributed by atoms with E-state index < -0.39 is 17.4 Å². The van der Waals surface area contributed by atoms with Gasteiger partial charge in [-0.15, -0.1) is 0 Å². The third-order valence-electron chi connectivity index (χ3n) is 2.44. The molecule has 0 saturated heterocycles. The monoisotopic (exact) mass is 208 g/mol. The molecule has 0 saturated carbocycles. The molecule has 0 heterocycles. The van der Waals surface area contributed by atoms with Crippen LogP contribution in [0.25, 0.3) is 0 Å². The second-order valence-electron chi connectivity index (χ2n) is 3.49. The van der Waals surface area contributed by atoms with Gasteiger partial charge in [-0.1, -0.05) is 18.2 Å². The molecule has 2 N–H and O–H groups in total. The molecule has 80 valence electrons. The number of allylic oxidation sites excluding steroid dienone is 2. The Morgan fingerprint density at radius 3 is 2.21 bits per heavy atom. The minimum Gasteiger partial charge on any atom is -0.382 e. The van der Waals surface area contributed by atoms with Crippen molar-refractivity contribution in [1.29, 1.82) is 0 Å². The van der Waals surface area contributed by atoms with Crippen molar-refractivity contribution in [2.24, 2.45) is 0 Å². The minimum atomic E-state index is -4.86. The van der Waals surface area contributed by atoms with E-state index in [4.69, 9.17) is 0 Å². The molecule has 0 aromatic carbocycles. The minimum absolute atomic E-state index is 0.254. The van der Waals surface area contributed by atoms with Crippen molar-refractivity contribution in [1.82, 2.24) is 0 Å². The Kier molecular flexibility index (Phi) is 2.49. The highest BCUT2D eigenvalue weighted by molar-refractivity contribution is 5.24. The van der Waals surface area contributed by atoms with Crippen LogP contribution in [0, 0.1) is 0 Å². The quantitative estimate of drug-likeness (QED) is 0.686. The summed E-state index contributed by atoms with van der Waals surface area (Å²) in [6.07, 6.45) is 0.0125. The number of aliphatic hydroxyl groups is 2. The molecule has 0 aromatic rings. The molecule has 1 aliphatic rings. The van der Waals surface area contributed by atoms with Gasteiger partial charge in [-0.25, -0.2) is 0 Å². The fourth-order valence-corrected chi connectivity index (χ4v) is 1.22. The van der Waals surface area contributed by atoms with Crippen molar-refractivity contribution < 1.29 is 23.4 Å². The van der Waals surface area contributed by atoms with Gasteiger partial charge in [0.05, 0.1) is 0 Å². The van der Waals surface area contributed by atoms with Crippen LogP contribution in [-0.2, 0) is 0 Å². The zero-order valence-electron chi connectivity index (χ0n) is 7.54. The molecule has 1 aliphatic carbocycles. The van der Waals surface area contributed by atoms with Crippen molar-refractivity contribution in [3.05, 3.63) is 24.3 Å². The molecule has 1 rings (SSSR count). The molecule has 0 fully saturated rings. The summed E-state index contributed by atoms with van der Waals surface area (Å²) in [6.45, 7) is 0.566. The number of hydrogen-bond acceptors (Lipinski definition) is 2. The van der Waals surface area contributed by atoms with Crippen LogP contribution in [0.15, 0.2) is 24.3 Å². The van der Waals surface area contributed by atoms with E-state index in [1.165, 1.54) is 18.2 Å². The lowest BCUT2D eigenvalue weighted by Crippen LogP contribution is -2.60. The predicted octanol–water partition coefficient (Wildman–Crippen LogP) is 1.55. The third kappa shape index (κ3) is 1.57. The first kappa shape index (κ1) is 11.3. The van der Waals surface area contributed by atoms with Gasteiger partial charge in [-0.2, -0.15) is 13.2 Å². The highest BCUT2D eigenvalue weighted by Gasteiger charge is 2.61. The van der Waals surface area contributed by atoms with Crippen LogP contribution in [0.3, 0.4) is 0 Å².